The van der Waals surface area contributed by atoms with Crippen LogP contribution in [0.1, 0.15) is 52.4 Å². The van der Waals surface area contributed by atoms with Crippen molar-refractivity contribution in [2.45, 2.75) is 58.4 Å². The van der Waals surface area contributed by atoms with E-state index in [2.05, 4.69) is 24.1 Å². The number of nitrogens with zero attached hydrogens (tertiary/aromatic N) is 1. The SMILES string of the molecule is CCC(C)CC(=O)N1CCCCC1CCNC. The number of carbonyl (C=O) groups is 1. The molecule has 0 aromatic carbocycles. The van der Waals surface area contributed by atoms with E-state index in [0.717, 1.165) is 32.4 Å². The highest BCUT2D eigenvalue weighted by Gasteiger charge is 2.26. The van der Waals surface area contributed by atoms with Gasteiger partial charge in [-0.1, -0.05) is 20.3 Å². The highest BCUT2D eigenvalue weighted by molar-refractivity contribution is 5.76. The molecule has 100 valence electrons. The van der Waals surface area contributed by atoms with Crippen molar-refractivity contribution >= 4 is 5.91 Å². The third kappa shape index (κ3) is 4.66. The molecule has 0 radical (unpaired) electrons. The van der Waals surface area contributed by atoms with E-state index in [4.69, 9.17) is 0 Å². The fourth-order valence-electron chi connectivity index (χ4n) is 2.50. The van der Waals surface area contributed by atoms with Gasteiger partial charge in [-0.25, -0.2) is 0 Å². The summed E-state index contributed by atoms with van der Waals surface area (Å²) in [7, 11) is 1.98. The summed E-state index contributed by atoms with van der Waals surface area (Å²) in [5.74, 6) is 0.898. The van der Waals surface area contributed by atoms with Gasteiger partial charge in [0, 0.05) is 19.0 Å². The van der Waals surface area contributed by atoms with Crippen molar-refractivity contribution in [3.63, 3.8) is 0 Å². The van der Waals surface area contributed by atoms with Gasteiger partial charge in [0.25, 0.3) is 0 Å². The van der Waals surface area contributed by atoms with Gasteiger partial charge >= 0.3 is 0 Å². The molecule has 1 amide bonds. The first-order chi connectivity index (χ1) is 8.19. The topological polar surface area (TPSA) is 32.3 Å². The molecular weight excluding hydrogens is 212 g/mol. The zero-order chi connectivity index (χ0) is 12.7. The molecule has 0 saturated carbocycles. The van der Waals surface area contributed by atoms with Crippen LogP contribution < -0.4 is 5.32 Å². The number of piperidine rings is 1. The summed E-state index contributed by atoms with van der Waals surface area (Å²) >= 11 is 0. The van der Waals surface area contributed by atoms with Crippen molar-refractivity contribution in [2.75, 3.05) is 20.1 Å². The molecule has 1 N–H and O–H groups in total. The Hall–Kier alpha value is -0.570. The van der Waals surface area contributed by atoms with Crippen molar-refractivity contribution in [3.8, 4) is 0 Å². The molecular formula is C14H28N2O. The van der Waals surface area contributed by atoms with Crippen LogP contribution >= 0.6 is 0 Å². The molecule has 1 saturated heterocycles. The summed E-state index contributed by atoms with van der Waals surface area (Å²) in [6, 6.07) is 0.479. The van der Waals surface area contributed by atoms with Crippen LogP contribution in [-0.4, -0.2) is 37.0 Å². The quantitative estimate of drug-likeness (QED) is 0.773. The smallest absolute Gasteiger partial charge is 0.223 e. The van der Waals surface area contributed by atoms with E-state index < -0.39 is 0 Å². The van der Waals surface area contributed by atoms with Crippen LogP contribution in [0.3, 0.4) is 0 Å². The summed E-state index contributed by atoms with van der Waals surface area (Å²) in [5.41, 5.74) is 0. The standard InChI is InChI=1S/C14H28N2O/c1-4-12(2)11-14(17)16-10-6-5-7-13(16)8-9-15-3/h12-13,15H,4-11H2,1-3H3. The Morgan fingerprint density at radius 3 is 2.88 bits per heavy atom. The zero-order valence-electron chi connectivity index (χ0n) is 11.7. The molecule has 0 spiro atoms. The van der Waals surface area contributed by atoms with Gasteiger partial charge in [0.05, 0.1) is 0 Å². The maximum atomic E-state index is 12.2. The fourth-order valence-corrected chi connectivity index (χ4v) is 2.50. The Labute approximate surface area is 106 Å². The predicted molar refractivity (Wildman–Crippen MR) is 72.0 cm³/mol. The van der Waals surface area contributed by atoms with Crippen LogP contribution in [0.2, 0.25) is 0 Å². The van der Waals surface area contributed by atoms with Gasteiger partial charge < -0.3 is 10.2 Å². The predicted octanol–water partition coefficient (Wildman–Crippen LogP) is 2.41. The molecule has 1 rings (SSSR count). The van der Waals surface area contributed by atoms with Crippen LogP contribution in [0.15, 0.2) is 0 Å². The number of carbonyl (C=O) groups excluding carboxylic acids is 1. The summed E-state index contributed by atoms with van der Waals surface area (Å²) < 4.78 is 0. The third-order valence-corrected chi connectivity index (χ3v) is 3.90. The lowest BCUT2D eigenvalue weighted by Gasteiger charge is -2.36. The van der Waals surface area contributed by atoms with E-state index in [1.807, 2.05) is 7.05 Å². The lowest BCUT2D eigenvalue weighted by Crippen LogP contribution is -2.45. The minimum absolute atomic E-state index is 0.375. The van der Waals surface area contributed by atoms with Gasteiger partial charge in [-0.2, -0.15) is 0 Å². The molecule has 1 fully saturated rings. The van der Waals surface area contributed by atoms with Crippen molar-refractivity contribution in [1.82, 2.24) is 10.2 Å². The number of hydrogen-bond acceptors (Lipinski definition) is 2. The van der Waals surface area contributed by atoms with Crippen LogP contribution in [0.4, 0.5) is 0 Å². The molecule has 1 aliphatic heterocycles. The number of nitrogens with one attached hydrogen (secondary N) is 1. The Morgan fingerprint density at radius 2 is 2.24 bits per heavy atom. The third-order valence-electron chi connectivity index (χ3n) is 3.90. The summed E-state index contributed by atoms with van der Waals surface area (Å²) in [5, 5.41) is 3.19. The van der Waals surface area contributed by atoms with Crippen LogP contribution in [0.25, 0.3) is 0 Å². The average Bonchev–Trinajstić information content (AvgIpc) is 2.36. The van der Waals surface area contributed by atoms with Crippen LogP contribution in [0.5, 0.6) is 0 Å². The fraction of sp³-hybridized carbons (Fsp3) is 0.929. The molecule has 1 heterocycles. The van der Waals surface area contributed by atoms with Gasteiger partial charge in [0.2, 0.25) is 5.91 Å². The van der Waals surface area contributed by atoms with Crippen molar-refractivity contribution in [3.05, 3.63) is 0 Å². The summed E-state index contributed by atoms with van der Waals surface area (Å²) in [4.78, 5) is 14.4. The number of rotatable bonds is 6. The Morgan fingerprint density at radius 1 is 1.47 bits per heavy atom. The highest BCUT2D eigenvalue weighted by Crippen LogP contribution is 2.21. The van der Waals surface area contributed by atoms with E-state index >= 15 is 0 Å². The first-order valence-electron chi connectivity index (χ1n) is 7.13. The zero-order valence-corrected chi connectivity index (χ0v) is 11.7. The molecule has 2 unspecified atom stereocenters. The number of likely N-dealkylation sites (tertiary alicyclic amines) is 1. The summed E-state index contributed by atoms with van der Waals surface area (Å²) in [6.45, 7) is 6.32. The molecule has 3 heteroatoms. The summed E-state index contributed by atoms with van der Waals surface area (Å²) in [6.07, 6.45) is 6.58. The molecule has 0 aliphatic carbocycles. The maximum absolute atomic E-state index is 12.2. The lowest BCUT2D eigenvalue weighted by molar-refractivity contribution is -0.135. The Kier molecular flexibility index (Phi) is 6.56. The molecule has 1 aliphatic rings. The van der Waals surface area contributed by atoms with Crippen LogP contribution in [-0.2, 0) is 4.79 Å². The molecule has 17 heavy (non-hydrogen) atoms. The molecule has 0 bridgehead atoms. The minimum Gasteiger partial charge on any atom is -0.340 e. The lowest BCUT2D eigenvalue weighted by atomic mass is 9.97. The van der Waals surface area contributed by atoms with Crippen molar-refractivity contribution < 1.29 is 4.79 Å². The number of amides is 1. The second kappa shape index (κ2) is 7.70. The van der Waals surface area contributed by atoms with Gasteiger partial charge in [-0.05, 0) is 45.2 Å². The monoisotopic (exact) mass is 240 g/mol. The maximum Gasteiger partial charge on any atom is 0.223 e. The van der Waals surface area contributed by atoms with Gasteiger partial charge in [-0.15, -0.1) is 0 Å². The second-order valence-corrected chi connectivity index (χ2v) is 5.35. The minimum atomic E-state index is 0.375. The van der Waals surface area contributed by atoms with Gasteiger partial charge in [0.15, 0.2) is 0 Å². The van der Waals surface area contributed by atoms with Gasteiger partial charge in [0.1, 0.15) is 0 Å². The first kappa shape index (κ1) is 14.5. The largest absolute Gasteiger partial charge is 0.340 e. The molecule has 0 aromatic heterocycles. The van der Waals surface area contributed by atoms with E-state index in [9.17, 15) is 4.79 Å². The van der Waals surface area contributed by atoms with E-state index in [1.54, 1.807) is 0 Å². The van der Waals surface area contributed by atoms with Crippen molar-refractivity contribution in [2.24, 2.45) is 5.92 Å². The second-order valence-electron chi connectivity index (χ2n) is 5.35. The van der Waals surface area contributed by atoms with E-state index in [0.29, 0.717) is 17.9 Å². The normalized spacial score (nSPS) is 22.5. The average molecular weight is 240 g/mol. The van der Waals surface area contributed by atoms with Crippen LogP contribution in [0, 0.1) is 5.92 Å². The van der Waals surface area contributed by atoms with Crippen molar-refractivity contribution in [1.29, 1.82) is 0 Å². The Balaban J connectivity index is 2.48. The van der Waals surface area contributed by atoms with Gasteiger partial charge in [-0.3, -0.25) is 4.79 Å². The first-order valence-corrected chi connectivity index (χ1v) is 7.13. The van der Waals surface area contributed by atoms with E-state index in [-0.39, 0.29) is 0 Å². The molecule has 0 aromatic rings. The Bertz CT molecular complexity index is 230. The molecule has 2 atom stereocenters. The number of hydrogen-bond donors (Lipinski definition) is 1. The molecule has 3 nitrogen and oxygen atoms in total. The van der Waals surface area contributed by atoms with E-state index in [1.165, 1.54) is 19.3 Å². The highest BCUT2D eigenvalue weighted by atomic mass is 16.2.